The molecule has 1 N–H and O–H groups in total. The fourth-order valence-electron chi connectivity index (χ4n) is 5.41. The van der Waals surface area contributed by atoms with Crippen LogP contribution in [0.4, 0.5) is 5.69 Å². The van der Waals surface area contributed by atoms with Crippen LogP contribution in [0.15, 0.2) is 77.7 Å². The third kappa shape index (κ3) is 7.67. The van der Waals surface area contributed by atoms with Gasteiger partial charge in [0, 0.05) is 18.7 Å². The molecule has 2 amide bonds. The van der Waals surface area contributed by atoms with Gasteiger partial charge in [0.2, 0.25) is 11.8 Å². The van der Waals surface area contributed by atoms with Crippen LogP contribution in [-0.2, 0) is 26.2 Å². The van der Waals surface area contributed by atoms with Crippen LogP contribution in [0.25, 0.3) is 0 Å². The highest BCUT2D eigenvalue weighted by molar-refractivity contribution is 7.92. The molecular weight excluding hydrogens is 566 g/mol. The summed E-state index contributed by atoms with van der Waals surface area (Å²) in [7, 11) is -1.34. The van der Waals surface area contributed by atoms with E-state index in [1.54, 1.807) is 24.3 Å². The Bertz CT molecular complexity index is 1490. The smallest absolute Gasteiger partial charge is 0.264 e. The summed E-state index contributed by atoms with van der Waals surface area (Å²) in [6.45, 7) is 3.31. The second kappa shape index (κ2) is 14.4. The van der Waals surface area contributed by atoms with Gasteiger partial charge >= 0.3 is 0 Å². The Balaban J connectivity index is 1.77. The lowest BCUT2D eigenvalue weighted by Gasteiger charge is -2.34. The van der Waals surface area contributed by atoms with Crippen molar-refractivity contribution >= 4 is 27.5 Å². The van der Waals surface area contributed by atoms with E-state index in [0.29, 0.717) is 12.2 Å². The first-order chi connectivity index (χ1) is 20.7. The number of aryl methyl sites for hydroxylation is 1. The Morgan fingerprint density at radius 3 is 2.23 bits per heavy atom. The summed E-state index contributed by atoms with van der Waals surface area (Å²) >= 11 is 0. The summed E-state index contributed by atoms with van der Waals surface area (Å²) in [5.41, 5.74) is 1.88. The largest absolute Gasteiger partial charge is 0.497 e. The minimum Gasteiger partial charge on any atom is -0.497 e. The molecule has 0 saturated heterocycles. The molecule has 10 heteroatoms. The van der Waals surface area contributed by atoms with Crippen LogP contribution in [-0.4, -0.2) is 58.0 Å². The number of nitrogens with zero attached hydrogens (tertiary/aromatic N) is 2. The number of benzene rings is 3. The molecule has 0 heterocycles. The maximum absolute atomic E-state index is 14.3. The molecule has 0 radical (unpaired) electrons. The van der Waals surface area contributed by atoms with Crippen molar-refractivity contribution in [3.8, 4) is 11.5 Å². The molecule has 0 unspecified atom stereocenters. The molecule has 3 aromatic rings. The van der Waals surface area contributed by atoms with Crippen molar-refractivity contribution in [2.75, 3.05) is 25.1 Å². The van der Waals surface area contributed by atoms with Gasteiger partial charge in [0.15, 0.2) is 0 Å². The Hall–Kier alpha value is -4.05. The van der Waals surface area contributed by atoms with Crippen molar-refractivity contribution in [1.82, 2.24) is 10.2 Å². The molecule has 43 heavy (non-hydrogen) atoms. The number of methoxy groups -OCH3 is 2. The quantitative estimate of drug-likeness (QED) is 0.291. The first-order valence-electron chi connectivity index (χ1n) is 14.6. The predicted octanol–water partition coefficient (Wildman–Crippen LogP) is 5.07. The first kappa shape index (κ1) is 31.9. The van der Waals surface area contributed by atoms with Gasteiger partial charge in [0.25, 0.3) is 10.0 Å². The zero-order valence-electron chi connectivity index (χ0n) is 25.3. The number of ether oxygens (including phenoxy) is 2. The van der Waals surface area contributed by atoms with E-state index in [4.69, 9.17) is 9.47 Å². The van der Waals surface area contributed by atoms with Gasteiger partial charge in [-0.2, -0.15) is 0 Å². The maximum Gasteiger partial charge on any atom is 0.264 e. The monoisotopic (exact) mass is 607 g/mol. The van der Waals surface area contributed by atoms with Crippen molar-refractivity contribution < 1.29 is 27.5 Å². The topological polar surface area (TPSA) is 105 Å². The zero-order valence-corrected chi connectivity index (χ0v) is 26.1. The zero-order chi connectivity index (χ0) is 31.0. The van der Waals surface area contributed by atoms with E-state index in [9.17, 15) is 18.0 Å². The molecule has 0 aromatic heterocycles. The molecule has 3 aromatic carbocycles. The SMILES string of the molecule is CC[C@@H](C(=O)NC1CCCC1)N(Cc1ccccc1)C(=O)CN(c1cc(OC)ccc1OC)S(=O)(=O)c1ccc(C)cc1. The summed E-state index contributed by atoms with van der Waals surface area (Å²) in [5, 5.41) is 3.13. The Kier molecular flexibility index (Phi) is 10.7. The summed E-state index contributed by atoms with van der Waals surface area (Å²) in [6, 6.07) is 19.9. The molecule has 0 aliphatic heterocycles. The van der Waals surface area contributed by atoms with Gasteiger partial charge in [-0.05, 0) is 56.0 Å². The number of hydrogen-bond acceptors (Lipinski definition) is 6. The van der Waals surface area contributed by atoms with Gasteiger partial charge in [-0.1, -0.05) is 67.8 Å². The van der Waals surface area contributed by atoms with Gasteiger partial charge in [0.05, 0.1) is 24.8 Å². The van der Waals surface area contributed by atoms with Crippen LogP contribution >= 0.6 is 0 Å². The molecule has 9 nitrogen and oxygen atoms in total. The Labute approximate surface area is 254 Å². The third-order valence-corrected chi connectivity index (χ3v) is 9.60. The number of carbonyl (C=O) groups is 2. The van der Waals surface area contributed by atoms with Crippen LogP contribution < -0.4 is 19.1 Å². The van der Waals surface area contributed by atoms with E-state index >= 15 is 0 Å². The van der Waals surface area contributed by atoms with Crippen molar-refractivity contribution in [2.45, 2.75) is 69.5 Å². The van der Waals surface area contributed by atoms with E-state index < -0.39 is 28.5 Å². The minimum absolute atomic E-state index is 0.0244. The van der Waals surface area contributed by atoms with Crippen molar-refractivity contribution in [3.63, 3.8) is 0 Å². The highest BCUT2D eigenvalue weighted by Gasteiger charge is 2.35. The molecule has 1 aliphatic rings. The summed E-state index contributed by atoms with van der Waals surface area (Å²) in [6.07, 6.45) is 4.30. The highest BCUT2D eigenvalue weighted by Crippen LogP contribution is 2.36. The molecule has 1 fully saturated rings. The van der Waals surface area contributed by atoms with Crippen LogP contribution in [0.5, 0.6) is 11.5 Å². The van der Waals surface area contributed by atoms with E-state index in [2.05, 4.69) is 5.32 Å². The van der Waals surface area contributed by atoms with Gasteiger partial charge in [-0.25, -0.2) is 8.42 Å². The van der Waals surface area contributed by atoms with Crippen LogP contribution in [0.1, 0.15) is 50.2 Å². The first-order valence-corrected chi connectivity index (χ1v) is 16.1. The van der Waals surface area contributed by atoms with E-state index in [1.807, 2.05) is 44.2 Å². The highest BCUT2D eigenvalue weighted by atomic mass is 32.2. The number of anilines is 1. The van der Waals surface area contributed by atoms with E-state index in [-0.39, 0.29) is 34.8 Å². The molecular formula is C33H41N3O6S. The van der Waals surface area contributed by atoms with Crippen LogP contribution in [0, 0.1) is 6.92 Å². The number of hydrogen-bond donors (Lipinski definition) is 1. The van der Waals surface area contributed by atoms with Gasteiger partial charge < -0.3 is 19.7 Å². The van der Waals surface area contributed by atoms with Gasteiger partial charge in [0.1, 0.15) is 24.1 Å². The standard InChI is InChI=1S/C33H41N3O6S/c1-5-29(33(38)34-26-13-9-10-14-26)35(22-25-11-7-6-8-12-25)32(37)23-36(30-21-27(41-3)17-20-31(30)42-4)43(39,40)28-18-15-24(2)16-19-28/h6-8,11-12,15-21,26,29H,5,9-10,13-14,22-23H2,1-4H3,(H,34,38)/t29-/m0/s1. The molecule has 1 aliphatic carbocycles. The predicted molar refractivity (Wildman–Crippen MR) is 167 cm³/mol. The molecule has 230 valence electrons. The van der Waals surface area contributed by atoms with Crippen molar-refractivity contribution in [1.29, 1.82) is 0 Å². The average molecular weight is 608 g/mol. The van der Waals surface area contributed by atoms with E-state index in [0.717, 1.165) is 41.1 Å². The molecule has 4 rings (SSSR count). The fraction of sp³-hybridized carbons (Fsp3) is 0.394. The lowest BCUT2D eigenvalue weighted by Crippen LogP contribution is -2.53. The second-order valence-electron chi connectivity index (χ2n) is 10.8. The van der Waals surface area contributed by atoms with Gasteiger partial charge in [-0.15, -0.1) is 0 Å². The van der Waals surface area contributed by atoms with Crippen LogP contribution in [0.2, 0.25) is 0 Å². The number of sulfonamides is 1. The Morgan fingerprint density at radius 1 is 0.953 bits per heavy atom. The second-order valence-corrected chi connectivity index (χ2v) is 12.6. The fourth-order valence-corrected chi connectivity index (χ4v) is 6.83. The lowest BCUT2D eigenvalue weighted by molar-refractivity contribution is -0.140. The normalized spacial score (nSPS) is 14.1. The van der Waals surface area contributed by atoms with Crippen LogP contribution in [0.3, 0.4) is 0 Å². The molecule has 1 saturated carbocycles. The molecule has 1 atom stereocenters. The number of carbonyl (C=O) groups excluding carboxylic acids is 2. The van der Waals surface area contributed by atoms with Crippen molar-refractivity contribution in [2.24, 2.45) is 0 Å². The third-order valence-electron chi connectivity index (χ3n) is 7.83. The Morgan fingerprint density at radius 2 is 1.63 bits per heavy atom. The molecule has 0 spiro atoms. The number of rotatable bonds is 13. The minimum atomic E-state index is -4.25. The molecule has 0 bridgehead atoms. The summed E-state index contributed by atoms with van der Waals surface area (Å²) in [4.78, 5) is 29.4. The van der Waals surface area contributed by atoms with Crippen molar-refractivity contribution in [3.05, 3.63) is 83.9 Å². The summed E-state index contributed by atoms with van der Waals surface area (Å²) < 4.78 is 40.4. The average Bonchev–Trinajstić information content (AvgIpc) is 3.53. The summed E-state index contributed by atoms with van der Waals surface area (Å²) in [5.74, 6) is -0.0933. The van der Waals surface area contributed by atoms with Gasteiger partial charge in [-0.3, -0.25) is 13.9 Å². The van der Waals surface area contributed by atoms with E-state index in [1.165, 1.54) is 37.3 Å². The number of nitrogens with one attached hydrogen (secondary N) is 1. The maximum atomic E-state index is 14.3. The lowest BCUT2D eigenvalue weighted by atomic mass is 10.1. The number of amides is 2.